The van der Waals surface area contributed by atoms with Gasteiger partial charge in [0.15, 0.2) is 17.6 Å². The van der Waals surface area contributed by atoms with Crippen molar-refractivity contribution in [2.45, 2.75) is 18.2 Å². The van der Waals surface area contributed by atoms with E-state index in [1.807, 2.05) is 0 Å². The van der Waals surface area contributed by atoms with E-state index in [0.29, 0.717) is 17.1 Å². The number of carbonyl (C=O) groups is 1. The second-order valence-corrected chi connectivity index (χ2v) is 5.49. The van der Waals surface area contributed by atoms with Crippen LogP contribution in [0.2, 0.25) is 0 Å². The molecule has 0 atom stereocenters. The van der Waals surface area contributed by atoms with Crippen LogP contribution in [0.5, 0.6) is 11.8 Å². The summed E-state index contributed by atoms with van der Waals surface area (Å²) in [6.07, 6.45) is 1.84. The van der Waals surface area contributed by atoms with Gasteiger partial charge in [-0.1, -0.05) is 6.92 Å². The Labute approximate surface area is 123 Å². The van der Waals surface area contributed by atoms with Gasteiger partial charge in [0.2, 0.25) is 0 Å². The van der Waals surface area contributed by atoms with Crippen LogP contribution in [-0.4, -0.2) is 25.7 Å². The van der Waals surface area contributed by atoms with Crippen molar-refractivity contribution in [1.82, 2.24) is 9.55 Å². The zero-order valence-corrected chi connectivity index (χ0v) is 12.1. The van der Waals surface area contributed by atoms with Crippen LogP contribution in [0.4, 0.5) is 0 Å². The molecule has 0 aliphatic carbocycles. The van der Waals surface area contributed by atoms with E-state index in [4.69, 9.17) is 4.18 Å². The van der Waals surface area contributed by atoms with E-state index in [1.165, 1.54) is 27.5 Å². The summed E-state index contributed by atoms with van der Waals surface area (Å²) in [7, 11) is 1.17. The van der Waals surface area contributed by atoms with Gasteiger partial charge in [0.25, 0.3) is 0 Å². The van der Waals surface area contributed by atoms with E-state index in [9.17, 15) is 15.0 Å². The van der Waals surface area contributed by atoms with Gasteiger partial charge in [-0.25, -0.2) is 9.55 Å². The van der Waals surface area contributed by atoms with Crippen LogP contribution in [0.25, 0.3) is 5.82 Å². The van der Waals surface area contributed by atoms with Gasteiger partial charge in [0, 0.05) is 24.8 Å². The maximum atomic E-state index is 11.1. The number of pyridine rings is 1. The highest BCUT2D eigenvalue weighted by Gasteiger charge is 2.14. The molecular weight excluding hydrogens is 300 g/mol. The minimum atomic E-state index is -0.320. The summed E-state index contributed by atoms with van der Waals surface area (Å²) >= 11 is 0.913. The average Bonchev–Trinajstić information content (AvgIpc) is 2.78. The van der Waals surface area contributed by atoms with Crippen LogP contribution < -0.4 is 0 Å². The first-order chi connectivity index (χ1) is 9.63. The molecule has 2 aromatic rings. The van der Waals surface area contributed by atoms with Gasteiger partial charge in [0.1, 0.15) is 11.1 Å². The Kier molecular flexibility index (Phi) is 4.80. The fourth-order valence-corrected chi connectivity index (χ4v) is 2.99. The third kappa shape index (κ3) is 3.20. The predicted molar refractivity (Wildman–Crippen MR) is 76.7 cm³/mol. The minimum Gasteiger partial charge on any atom is -0.494 e. The number of carbonyl (C=O) groups excluding carboxylic acids is 1. The third-order valence-electron chi connectivity index (χ3n) is 2.34. The van der Waals surface area contributed by atoms with Crippen LogP contribution in [-0.2, 0) is 8.98 Å². The van der Waals surface area contributed by atoms with Crippen LogP contribution in [0.3, 0.4) is 0 Å². The van der Waals surface area contributed by atoms with Crippen molar-refractivity contribution in [3.63, 3.8) is 0 Å². The Morgan fingerprint density at radius 1 is 1.35 bits per heavy atom. The molecule has 0 amide bonds. The van der Waals surface area contributed by atoms with Crippen LogP contribution in [0, 0.1) is 0 Å². The Hall–Kier alpha value is -1.80. The van der Waals surface area contributed by atoms with Gasteiger partial charge in [0.05, 0.1) is 4.90 Å². The van der Waals surface area contributed by atoms with E-state index in [-0.39, 0.29) is 17.7 Å². The van der Waals surface area contributed by atoms with Gasteiger partial charge in [-0.2, -0.15) is 0 Å². The Bertz CT molecular complexity index is 596. The van der Waals surface area contributed by atoms with Crippen molar-refractivity contribution in [3.8, 4) is 17.6 Å². The monoisotopic (exact) mass is 312 g/mol. The van der Waals surface area contributed by atoms with Crippen molar-refractivity contribution < 1.29 is 19.2 Å². The van der Waals surface area contributed by atoms with Crippen molar-refractivity contribution in [2.24, 2.45) is 0 Å². The molecule has 106 valence electrons. The van der Waals surface area contributed by atoms with E-state index >= 15 is 0 Å². The quantitative estimate of drug-likeness (QED) is 0.648. The standard InChI is InChI=1S/C12H12N2O4S2/c1-2-11(17)18-20-19-8-4-3-7-13-12(8)14-9(15)5-6-10(14)16/h3-7,15-16H,2H2,1H3. The average molecular weight is 312 g/mol. The van der Waals surface area contributed by atoms with Crippen LogP contribution in [0.15, 0.2) is 35.4 Å². The molecule has 0 aliphatic rings. The molecule has 6 nitrogen and oxygen atoms in total. The summed E-state index contributed by atoms with van der Waals surface area (Å²) in [6, 6.07) is 6.19. The van der Waals surface area contributed by atoms with Crippen molar-refractivity contribution in [2.75, 3.05) is 0 Å². The lowest BCUT2D eigenvalue weighted by Gasteiger charge is -2.09. The predicted octanol–water partition coefficient (Wildman–Crippen LogP) is 2.89. The second kappa shape index (κ2) is 6.58. The van der Waals surface area contributed by atoms with E-state index in [0.717, 1.165) is 11.1 Å². The van der Waals surface area contributed by atoms with E-state index < -0.39 is 0 Å². The molecule has 0 radical (unpaired) electrons. The number of aromatic nitrogens is 2. The zero-order valence-electron chi connectivity index (χ0n) is 10.5. The first-order valence-electron chi connectivity index (χ1n) is 5.72. The first-order valence-corrected chi connectivity index (χ1v) is 7.80. The molecule has 0 unspecified atom stereocenters. The maximum Gasteiger partial charge on any atom is 0.318 e. The largest absolute Gasteiger partial charge is 0.494 e. The Morgan fingerprint density at radius 2 is 2.05 bits per heavy atom. The normalized spacial score (nSPS) is 10.4. The molecule has 2 heterocycles. The fourth-order valence-electron chi connectivity index (χ4n) is 1.40. The number of hydrogen-bond donors (Lipinski definition) is 2. The third-order valence-corrected chi connectivity index (χ3v) is 4.11. The maximum absolute atomic E-state index is 11.1. The molecule has 0 bridgehead atoms. The highest BCUT2D eigenvalue weighted by Crippen LogP contribution is 2.37. The number of aromatic hydroxyl groups is 2. The summed E-state index contributed by atoms with van der Waals surface area (Å²) in [5, 5.41) is 19.4. The van der Waals surface area contributed by atoms with Gasteiger partial charge in [-0.15, -0.1) is 0 Å². The van der Waals surface area contributed by atoms with E-state index in [2.05, 4.69) is 4.98 Å². The summed E-state index contributed by atoms with van der Waals surface area (Å²) in [4.78, 5) is 15.8. The lowest BCUT2D eigenvalue weighted by Crippen LogP contribution is -1.98. The van der Waals surface area contributed by atoms with Crippen LogP contribution in [0.1, 0.15) is 13.3 Å². The minimum absolute atomic E-state index is 0.126. The Morgan fingerprint density at radius 3 is 2.70 bits per heavy atom. The Balaban J connectivity index is 2.21. The second-order valence-electron chi connectivity index (χ2n) is 3.67. The first kappa shape index (κ1) is 14.6. The molecule has 0 spiro atoms. The lowest BCUT2D eigenvalue weighted by molar-refractivity contribution is -0.132. The van der Waals surface area contributed by atoms with Gasteiger partial charge >= 0.3 is 5.97 Å². The number of nitrogens with zero attached hydrogens (tertiary/aromatic N) is 2. The topological polar surface area (TPSA) is 84.6 Å². The summed E-state index contributed by atoms with van der Waals surface area (Å²) in [5.41, 5.74) is 0. The van der Waals surface area contributed by atoms with E-state index in [1.54, 1.807) is 25.3 Å². The summed E-state index contributed by atoms with van der Waals surface area (Å²) in [6.45, 7) is 1.71. The smallest absolute Gasteiger partial charge is 0.318 e. The highest BCUT2D eigenvalue weighted by atomic mass is 33.1. The lowest BCUT2D eigenvalue weighted by atomic mass is 10.4. The van der Waals surface area contributed by atoms with Gasteiger partial charge in [-0.05, 0) is 22.9 Å². The molecular formula is C12H12N2O4S2. The molecule has 2 N–H and O–H groups in total. The molecule has 0 fully saturated rings. The summed E-state index contributed by atoms with van der Waals surface area (Å²) in [5.74, 6) is -0.214. The molecule has 0 aromatic carbocycles. The molecule has 20 heavy (non-hydrogen) atoms. The highest BCUT2D eigenvalue weighted by molar-refractivity contribution is 8.75. The van der Waals surface area contributed by atoms with Crippen molar-refractivity contribution in [1.29, 1.82) is 0 Å². The van der Waals surface area contributed by atoms with Gasteiger partial charge in [-0.3, -0.25) is 4.79 Å². The molecule has 2 rings (SSSR count). The molecule has 0 saturated carbocycles. The number of rotatable bonds is 5. The summed E-state index contributed by atoms with van der Waals surface area (Å²) < 4.78 is 6.11. The van der Waals surface area contributed by atoms with Crippen molar-refractivity contribution in [3.05, 3.63) is 30.5 Å². The van der Waals surface area contributed by atoms with Crippen LogP contribution >= 0.6 is 21.9 Å². The zero-order chi connectivity index (χ0) is 14.5. The molecule has 2 aromatic heterocycles. The fraction of sp³-hybridized carbons (Fsp3) is 0.167. The van der Waals surface area contributed by atoms with Crippen molar-refractivity contribution >= 4 is 27.8 Å². The molecule has 8 heteroatoms. The van der Waals surface area contributed by atoms with Gasteiger partial charge < -0.3 is 14.4 Å². The SMILES string of the molecule is CCC(=O)OSSc1cccnc1-n1c(O)ccc1O. The molecule has 0 aliphatic heterocycles. The molecule has 0 saturated heterocycles. The number of hydrogen-bond acceptors (Lipinski definition) is 7.